The first kappa shape index (κ1) is 22.2. The Kier molecular flexibility index (Phi) is 6.71. The maximum absolute atomic E-state index is 10.7. The number of aromatic hydroxyl groups is 1. The summed E-state index contributed by atoms with van der Waals surface area (Å²) in [6.07, 6.45) is 0.312. The van der Waals surface area contributed by atoms with Gasteiger partial charge in [0.15, 0.2) is 23.0 Å². The quantitative estimate of drug-likeness (QED) is 0.397. The molecule has 0 aromatic heterocycles. The first-order valence-corrected chi connectivity index (χ1v) is 10.6. The standard InChI is InChI=1S/C20H24O9S/c1-26-17-10-13(5-6-16(17)22)19-15(11-21)14-8-12(4-3-7-28-30(23,24)25)9-18(27-2)20(14)29-19/h5-6,8-10,15,19,21-22H,3-4,7,11H2,1-2H3,(H,23,24,25). The first-order chi connectivity index (χ1) is 14.3. The molecular formula is C20H24O9S. The number of rotatable bonds is 9. The van der Waals surface area contributed by atoms with E-state index >= 15 is 0 Å². The van der Waals surface area contributed by atoms with E-state index in [0.717, 1.165) is 16.7 Å². The van der Waals surface area contributed by atoms with Gasteiger partial charge < -0.3 is 24.4 Å². The summed E-state index contributed by atoms with van der Waals surface area (Å²) in [7, 11) is -1.51. The number of hydrogen-bond donors (Lipinski definition) is 3. The minimum Gasteiger partial charge on any atom is -0.504 e. The Bertz CT molecular complexity index is 1000. The van der Waals surface area contributed by atoms with Crippen LogP contribution >= 0.6 is 0 Å². The maximum Gasteiger partial charge on any atom is 0.397 e. The molecule has 2 atom stereocenters. The molecule has 3 rings (SSSR count). The topological polar surface area (TPSA) is 132 Å². The molecule has 2 unspecified atom stereocenters. The molecule has 0 amide bonds. The molecule has 0 fully saturated rings. The lowest BCUT2D eigenvalue weighted by Gasteiger charge is -2.18. The zero-order valence-electron chi connectivity index (χ0n) is 16.6. The van der Waals surface area contributed by atoms with E-state index < -0.39 is 16.5 Å². The number of methoxy groups -OCH3 is 2. The van der Waals surface area contributed by atoms with Crippen molar-refractivity contribution < 1.29 is 41.6 Å². The Hall–Kier alpha value is -2.53. The van der Waals surface area contributed by atoms with Crippen LogP contribution in [0.1, 0.15) is 35.1 Å². The smallest absolute Gasteiger partial charge is 0.397 e. The molecule has 0 saturated heterocycles. The van der Waals surface area contributed by atoms with Gasteiger partial charge in [0.05, 0.1) is 33.4 Å². The second-order valence-electron chi connectivity index (χ2n) is 6.83. The van der Waals surface area contributed by atoms with Crippen LogP contribution in [-0.4, -0.2) is 50.6 Å². The number of aliphatic hydroxyl groups is 1. The van der Waals surface area contributed by atoms with Crippen LogP contribution in [0.15, 0.2) is 30.3 Å². The molecule has 0 aliphatic carbocycles. The van der Waals surface area contributed by atoms with E-state index in [0.29, 0.717) is 30.1 Å². The van der Waals surface area contributed by atoms with Crippen molar-refractivity contribution in [2.75, 3.05) is 27.4 Å². The van der Waals surface area contributed by atoms with Crippen molar-refractivity contribution in [2.24, 2.45) is 0 Å². The number of phenolic OH excluding ortho intramolecular Hbond substituents is 1. The van der Waals surface area contributed by atoms with Crippen LogP contribution in [-0.2, 0) is 21.0 Å². The molecule has 0 saturated carbocycles. The molecule has 0 radical (unpaired) electrons. The third kappa shape index (κ3) is 4.78. The average Bonchev–Trinajstić information content (AvgIpc) is 3.08. The zero-order valence-corrected chi connectivity index (χ0v) is 17.4. The molecule has 1 aliphatic heterocycles. The lowest BCUT2D eigenvalue weighted by Crippen LogP contribution is -2.13. The van der Waals surface area contributed by atoms with E-state index in [9.17, 15) is 18.6 Å². The fraction of sp³-hybridized carbons (Fsp3) is 0.400. The van der Waals surface area contributed by atoms with Gasteiger partial charge in [-0.3, -0.25) is 4.55 Å². The predicted molar refractivity (Wildman–Crippen MR) is 107 cm³/mol. The Morgan fingerprint density at radius 3 is 2.47 bits per heavy atom. The van der Waals surface area contributed by atoms with Gasteiger partial charge in [0.1, 0.15) is 6.10 Å². The van der Waals surface area contributed by atoms with Crippen molar-refractivity contribution in [3.8, 4) is 23.0 Å². The Morgan fingerprint density at radius 1 is 1.10 bits per heavy atom. The Morgan fingerprint density at radius 2 is 1.83 bits per heavy atom. The van der Waals surface area contributed by atoms with Crippen LogP contribution in [0.2, 0.25) is 0 Å². The van der Waals surface area contributed by atoms with Crippen LogP contribution in [0.25, 0.3) is 0 Å². The van der Waals surface area contributed by atoms with Gasteiger partial charge in [-0.05, 0) is 42.2 Å². The predicted octanol–water partition coefficient (Wildman–Crippen LogP) is 2.37. The third-order valence-corrected chi connectivity index (χ3v) is 5.41. The highest BCUT2D eigenvalue weighted by Gasteiger charge is 2.38. The highest BCUT2D eigenvalue weighted by Crippen LogP contribution is 2.51. The highest BCUT2D eigenvalue weighted by molar-refractivity contribution is 7.80. The number of fused-ring (bicyclic) bond motifs is 1. The number of phenols is 1. The van der Waals surface area contributed by atoms with Crippen LogP contribution in [0.4, 0.5) is 0 Å². The van der Waals surface area contributed by atoms with E-state index in [1.807, 2.05) is 6.07 Å². The molecular weight excluding hydrogens is 416 g/mol. The van der Waals surface area contributed by atoms with Crippen molar-refractivity contribution in [1.29, 1.82) is 0 Å². The lowest BCUT2D eigenvalue weighted by molar-refractivity contribution is 0.157. The van der Waals surface area contributed by atoms with Gasteiger partial charge in [-0.2, -0.15) is 8.42 Å². The summed E-state index contributed by atoms with van der Waals surface area (Å²) < 4.78 is 51.1. The molecule has 0 bridgehead atoms. The Balaban J connectivity index is 1.87. The summed E-state index contributed by atoms with van der Waals surface area (Å²) in [5.74, 6) is 0.938. The fourth-order valence-electron chi connectivity index (χ4n) is 3.56. The van der Waals surface area contributed by atoms with Gasteiger partial charge in [-0.1, -0.05) is 12.1 Å². The molecule has 10 heteroatoms. The minimum atomic E-state index is -4.47. The van der Waals surface area contributed by atoms with E-state index in [-0.39, 0.29) is 24.9 Å². The Labute approximate surface area is 174 Å². The van der Waals surface area contributed by atoms with Crippen molar-refractivity contribution >= 4 is 10.4 Å². The SMILES string of the molecule is COc1cc(C2Oc3c(OC)cc(CCCOS(=O)(=O)O)cc3C2CO)ccc1O. The van der Waals surface area contributed by atoms with E-state index in [1.54, 1.807) is 18.2 Å². The highest BCUT2D eigenvalue weighted by atomic mass is 32.3. The summed E-state index contributed by atoms with van der Waals surface area (Å²) in [6.45, 7) is -0.340. The van der Waals surface area contributed by atoms with Crippen molar-refractivity contribution in [3.63, 3.8) is 0 Å². The van der Waals surface area contributed by atoms with Crippen LogP contribution in [0.5, 0.6) is 23.0 Å². The number of aliphatic hydroxyl groups excluding tert-OH is 1. The van der Waals surface area contributed by atoms with Gasteiger partial charge >= 0.3 is 10.4 Å². The molecule has 2 aromatic carbocycles. The molecule has 9 nitrogen and oxygen atoms in total. The summed E-state index contributed by atoms with van der Waals surface area (Å²) >= 11 is 0. The molecule has 0 spiro atoms. The normalized spacial score (nSPS) is 18.0. The van der Waals surface area contributed by atoms with Crippen molar-refractivity contribution in [1.82, 2.24) is 0 Å². The lowest BCUT2D eigenvalue weighted by atomic mass is 9.90. The fourth-order valence-corrected chi connectivity index (χ4v) is 3.89. The van der Waals surface area contributed by atoms with E-state index in [4.69, 9.17) is 18.8 Å². The van der Waals surface area contributed by atoms with Crippen LogP contribution < -0.4 is 14.2 Å². The van der Waals surface area contributed by atoms with E-state index in [2.05, 4.69) is 4.18 Å². The number of hydrogen-bond acceptors (Lipinski definition) is 8. The number of benzene rings is 2. The molecule has 1 heterocycles. The average molecular weight is 440 g/mol. The molecule has 164 valence electrons. The summed E-state index contributed by atoms with van der Waals surface area (Å²) in [5, 5.41) is 19.9. The van der Waals surface area contributed by atoms with Gasteiger partial charge in [-0.25, -0.2) is 4.18 Å². The maximum atomic E-state index is 10.7. The van der Waals surface area contributed by atoms with Crippen LogP contribution in [0, 0.1) is 0 Å². The molecule has 3 N–H and O–H groups in total. The van der Waals surface area contributed by atoms with Gasteiger partial charge in [0.25, 0.3) is 0 Å². The molecule has 30 heavy (non-hydrogen) atoms. The van der Waals surface area contributed by atoms with Gasteiger partial charge in [0.2, 0.25) is 0 Å². The van der Waals surface area contributed by atoms with Gasteiger partial charge in [0, 0.05) is 5.56 Å². The summed E-state index contributed by atoms with van der Waals surface area (Å²) in [4.78, 5) is 0. The minimum absolute atomic E-state index is 0.00397. The second-order valence-corrected chi connectivity index (χ2v) is 7.92. The number of ether oxygens (including phenoxy) is 3. The monoisotopic (exact) mass is 440 g/mol. The summed E-state index contributed by atoms with van der Waals surface area (Å²) in [5.41, 5.74) is 2.33. The third-order valence-electron chi connectivity index (χ3n) is 4.94. The second kappa shape index (κ2) is 9.09. The van der Waals surface area contributed by atoms with Crippen LogP contribution in [0.3, 0.4) is 0 Å². The van der Waals surface area contributed by atoms with Crippen molar-refractivity contribution in [2.45, 2.75) is 24.9 Å². The first-order valence-electron chi connectivity index (χ1n) is 9.24. The summed E-state index contributed by atoms with van der Waals surface area (Å²) in [6, 6.07) is 8.53. The zero-order chi connectivity index (χ0) is 21.9. The van der Waals surface area contributed by atoms with E-state index in [1.165, 1.54) is 20.3 Å². The van der Waals surface area contributed by atoms with Crippen molar-refractivity contribution in [3.05, 3.63) is 47.0 Å². The largest absolute Gasteiger partial charge is 0.504 e. The number of aryl methyl sites for hydroxylation is 1. The molecule has 2 aromatic rings. The van der Waals surface area contributed by atoms with Gasteiger partial charge in [-0.15, -0.1) is 0 Å². The molecule has 1 aliphatic rings.